The van der Waals surface area contributed by atoms with E-state index in [2.05, 4.69) is 35.7 Å². The van der Waals surface area contributed by atoms with E-state index < -0.39 is 6.10 Å². The van der Waals surface area contributed by atoms with Crippen molar-refractivity contribution in [3.63, 3.8) is 0 Å². The van der Waals surface area contributed by atoms with Crippen molar-refractivity contribution < 1.29 is 20.1 Å². The summed E-state index contributed by atoms with van der Waals surface area (Å²) >= 11 is 0. The third-order valence-corrected chi connectivity index (χ3v) is 5.91. The zero-order chi connectivity index (χ0) is 24.9. The number of aliphatic hydroxyl groups excluding tert-OH is 2. The summed E-state index contributed by atoms with van der Waals surface area (Å²) in [5.74, 6) is 0.0302. The molecule has 0 unspecified atom stereocenters. The van der Waals surface area contributed by atoms with Crippen LogP contribution in [0.1, 0.15) is 52.3 Å². The molecular weight excluding hydrogens is 440 g/mol. The molecule has 0 saturated heterocycles. The number of hydrogen-bond acceptors (Lipinski definition) is 6. The number of hydrogen-bond donors (Lipinski definition) is 4. The van der Waals surface area contributed by atoms with Crippen molar-refractivity contribution in [2.45, 2.75) is 45.0 Å². The van der Waals surface area contributed by atoms with E-state index in [-0.39, 0.29) is 12.4 Å². The molecule has 0 bridgehead atoms. The number of ether oxygens (including phenoxy) is 1. The highest BCUT2D eigenvalue weighted by Crippen LogP contribution is 2.22. The maximum Gasteiger partial charge on any atom is 0.121 e. The van der Waals surface area contributed by atoms with E-state index >= 15 is 0 Å². The minimum atomic E-state index is -0.712. The molecule has 0 aliphatic rings. The highest BCUT2D eigenvalue weighted by atomic mass is 16.5. The predicted octanol–water partition coefficient (Wildman–Crippen LogP) is 4.16. The molecule has 0 aromatic heterocycles. The Morgan fingerprint density at radius 3 is 2.49 bits per heavy atom. The Morgan fingerprint density at radius 1 is 0.914 bits per heavy atom. The van der Waals surface area contributed by atoms with Gasteiger partial charge in [0.05, 0.1) is 31.0 Å². The van der Waals surface area contributed by atoms with Gasteiger partial charge in [-0.3, -0.25) is 0 Å². The molecule has 1 atom stereocenters. The molecule has 0 radical (unpaired) electrons. The first-order valence-electron chi connectivity index (χ1n) is 12.0. The van der Waals surface area contributed by atoms with E-state index in [0.717, 1.165) is 37.8 Å². The van der Waals surface area contributed by atoms with Crippen molar-refractivity contribution in [2.75, 3.05) is 19.7 Å². The molecule has 3 aromatic carbocycles. The van der Waals surface area contributed by atoms with Gasteiger partial charge in [-0.15, -0.1) is 0 Å². The minimum absolute atomic E-state index is 0.0302. The fraction of sp³-hybridized carbons (Fsp3) is 0.345. The van der Waals surface area contributed by atoms with Gasteiger partial charge in [0.1, 0.15) is 5.75 Å². The molecule has 184 valence electrons. The Labute approximate surface area is 207 Å². The first kappa shape index (κ1) is 26.4. The second-order valence-corrected chi connectivity index (χ2v) is 8.66. The second-order valence-electron chi connectivity index (χ2n) is 8.66. The lowest BCUT2D eigenvalue weighted by atomic mass is 10.0. The first-order valence-corrected chi connectivity index (χ1v) is 12.0. The third kappa shape index (κ3) is 8.82. The number of nitrogens with zero attached hydrogens (tertiary/aromatic N) is 1. The van der Waals surface area contributed by atoms with Gasteiger partial charge >= 0.3 is 0 Å². The van der Waals surface area contributed by atoms with Gasteiger partial charge in [-0.2, -0.15) is 5.26 Å². The molecule has 0 aliphatic carbocycles. The van der Waals surface area contributed by atoms with Crippen molar-refractivity contribution in [2.24, 2.45) is 0 Å². The quantitative estimate of drug-likeness (QED) is 0.262. The first-order chi connectivity index (χ1) is 17.1. The Kier molecular flexibility index (Phi) is 10.7. The standard InChI is InChI=1S/C29H34N2O4/c30-18-24-8-3-6-22(15-24)5-1-2-14-35-21-25-9-4-7-23(16-25)12-13-31-19-29(34)26-10-11-28(33)27(17-26)20-32/h3-4,6-11,15-17,29,31-34H,1-2,5,12-14,19-21H2/t29-/m1/s1. The van der Waals surface area contributed by atoms with E-state index in [9.17, 15) is 15.3 Å². The summed E-state index contributed by atoms with van der Waals surface area (Å²) < 4.78 is 5.85. The van der Waals surface area contributed by atoms with Crippen LogP contribution in [0.5, 0.6) is 5.75 Å². The SMILES string of the molecule is N#Cc1cccc(CCCCOCc2cccc(CCNC[C@@H](O)c3ccc(O)c(CO)c3)c2)c1. The second kappa shape index (κ2) is 14.2. The number of benzene rings is 3. The molecule has 0 spiro atoms. The number of phenols is 1. The van der Waals surface area contributed by atoms with E-state index in [4.69, 9.17) is 10.00 Å². The predicted molar refractivity (Wildman–Crippen MR) is 136 cm³/mol. The summed E-state index contributed by atoms with van der Waals surface area (Å²) in [5, 5.41) is 41.5. The monoisotopic (exact) mass is 474 g/mol. The van der Waals surface area contributed by atoms with Crippen LogP contribution in [0.2, 0.25) is 0 Å². The molecule has 35 heavy (non-hydrogen) atoms. The molecule has 0 saturated carbocycles. The summed E-state index contributed by atoms with van der Waals surface area (Å²) in [6, 6.07) is 23.1. The molecule has 3 rings (SSSR count). The van der Waals surface area contributed by atoms with Crippen LogP contribution in [0, 0.1) is 11.3 Å². The number of nitrogens with one attached hydrogen (secondary N) is 1. The van der Waals surface area contributed by atoms with E-state index in [1.165, 1.54) is 17.2 Å². The van der Waals surface area contributed by atoms with Gasteiger partial charge in [0.25, 0.3) is 0 Å². The molecular formula is C29H34N2O4. The smallest absolute Gasteiger partial charge is 0.121 e. The van der Waals surface area contributed by atoms with E-state index in [0.29, 0.717) is 36.4 Å². The number of rotatable bonds is 14. The van der Waals surface area contributed by atoms with Crippen LogP contribution < -0.4 is 5.32 Å². The largest absolute Gasteiger partial charge is 0.508 e. The van der Waals surface area contributed by atoms with Crippen LogP contribution in [-0.2, 0) is 30.8 Å². The minimum Gasteiger partial charge on any atom is -0.508 e. The van der Waals surface area contributed by atoms with Crippen LogP contribution in [0.25, 0.3) is 0 Å². The molecule has 6 nitrogen and oxygen atoms in total. The lowest BCUT2D eigenvalue weighted by Gasteiger charge is -2.14. The van der Waals surface area contributed by atoms with Gasteiger partial charge < -0.3 is 25.4 Å². The van der Waals surface area contributed by atoms with Crippen LogP contribution >= 0.6 is 0 Å². The number of aliphatic hydroxyl groups is 2. The third-order valence-electron chi connectivity index (χ3n) is 5.91. The van der Waals surface area contributed by atoms with Gasteiger partial charge in [-0.25, -0.2) is 0 Å². The number of aryl methyl sites for hydroxylation is 1. The number of unbranched alkanes of at least 4 members (excludes halogenated alkanes) is 1. The van der Waals surface area contributed by atoms with Crippen molar-refractivity contribution in [3.05, 3.63) is 100 Å². The van der Waals surface area contributed by atoms with Crippen LogP contribution in [-0.4, -0.2) is 35.0 Å². The van der Waals surface area contributed by atoms with Gasteiger partial charge in [0, 0.05) is 18.7 Å². The maximum atomic E-state index is 10.4. The van der Waals surface area contributed by atoms with Crippen molar-refractivity contribution in [1.29, 1.82) is 5.26 Å². The normalized spacial score (nSPS) is 11.8. The lowest BCUT2D eigenvalue weighted by molar-refractivity contribution is 0.117. The zero-order valence-corrected chi connectivity index (χ0v) is 20.0. The highest BCUT2D eigenvalue weighted by Gasteiger charge is 2.10. The molecule has 6 heteroatoms. The van der Waals surface area contributed by atoms with Crippen molar-refractivity contribution in [1.82, 2.24) is 5.32 Å². The molecule has 0 heterocycles. The Bertz CT molecular complexity index is 1110. The van der Waals surface area contributed by atoms with Gasteiger partial charge in [-0.05, 0) is 78.7 Å². The summed E-state index contributed by atoms with van der Waals surface area (Å²) in [7, 11) is 0. The Balaban J connectivity index is 1.32. The topological polar surface area (TPSA) is 106 Å². The fourth-order valence-electron chi connectivity index (χ4n) is 3.92. The summed E-state index contributed by atoms with van der Waals surface area (Å²) in [6.07, 6.45) is 3.07. The lowest BCUT2D eigenvalue weighted by Crippen LogP contribution is -2.23. The summed E-state index contributed by atoms with van der Waals surface area (Å²) in [6.45, 7) is 2.13. The zero-order valence-electron chi connectivity index (χ0n) is 20.0. The number of aromatic hydroxyl groups is 1. The Morgan fingerprint density at radius 2 is 1.69 bits per heavy atom. The van der Waals surface area contributed by atoms with Gasteiger partial charge in [-0.1, -0.05) is 42.5 Å². The van der Waals surface area contributed by atoms with Crippen molar-refractivity contribution in [3.8, 4) is 11.8 Å². The van der Waals surface area contributed by atoms with Crippen LogP contribution in [0.4, 0.5) is 0 Å². The average molecular weight is 475 g/mol. The molecule has 3 aromatic rings. The fourth-order valence-corrected chi connectivity index (χ4v) is 3.92. The van der Waals surface area contributed by atoms with Crippen LogP contribution in [0.15, 0.2) is 66.7 Å². The van der Waals surface area contributed by atoms with Gasteiger partial charge in [0.2, 0.25) is 0 Å². The summed E-state index contributed by atoms with van der Waals surface area (Å²) in [5.41, 5.74) is 5.32. The maximum absolute atomic E-state index is 10.4. The summed E-state index contributed by atoms with van der Waals surface area (Å²) in [4.78, 5) is 0. The van der Waals surface area contributed by atoms with Crippen LogP contribution in [0.3, 0.4) is 0 Å². The number of nitriles is 1. The molecule has 4 N–H and O–H groups in total. The van der Waals surface area contributed by atoms with E-state index in [1.54, 1.807) is 12.1 Å². The molecule has 0 aliphatic heterocycles. The van der Waals surface area contributed by atoms with Gasteiger partial charge in [0.15, 0.2) is 0 Å². The van der Waals surface area contributed by atoms with Crippen molar-refractivity contribution >= 4 is 0 Å². The average Bonchev–Trinajstić information content (AvgIpc) is 2.89. The van der Waals surface area contributed by atoms with E-state index in [1.807, 2.05) is 24.3 Å². The Hall–Kier alpha value is -3.21. The molecule has 0 amide bonds. The highest BCUT2D eigenvalue weighted by molar-refractivity contribution is 5.36. The molecule has 0 fully saturated rings.